The van der Waals surface area contributed by atoms with Gasteiger partial charge in [-0.2, -0.15) is 0 Å². The Morgan fingerprint density at radius 2 is 1.92 bits per heavy atom. The van der Waals surface area contributed by atoms with Crippen LogP contribution in [-0.2, 0) is 14.6 Å². The summed E-state index contributed by atoms with van der Waals surface area (Å²) in [5.74, 6) is 0.0106. The number of hydrogen-bond acceptors (Lipinski definition) is 6. The molecule has 2 fully saturated rings. The number of likely N-dealkylation sites (N-methyl/N-ethyl adjacent to an activating group) is 1. The Bertz CT molecular complexity index is 924. The van der Waals surface area contributed by atoms with Gasteiger partial charge in [-0.05, 0) is 18.5 Å². The highest BCUT2D eigenvalue weighted by molar-refractivity contribution is 7.91. The summed E-state index contributed by atoms with van der Waals surface area (Å²) in [4.78, 5) is 17.8. The molecule has 1 amide bonds. The van der Waals surface area contributed by atoms with Gasteiger partial charge in [-0.3, -0.25) is 4.79 Å². The number of carbonyl (C=O) groups is 1. The Morgan fingerprint density at radius 1 is 1.19 bits per heavy atom. The normalized spacial score (nSPS) is 24.0. The van der Waals surface area contributed by atoms with Crippen LogP contribution in [0.25, 0.3) is 10.1 Å². The second-order valence-electron chi connectivity index (χ2n) is 6.91. The average molecular weight is 395 g/mol. The van der Waals surface area contributed by atoms with Gasteiger partial charge in [0.05, 0.1) is 29.1 Å². The summed E-state index contributed by atoms with van der Waals surface area (Å²) in [5.41, 5.74) is 0.954. The molecule has 0 N–H and O–H groups in total. The monoisotopic (exact) mass is 394 g/mol. The Labute approximate surface area is 157 Å². The molecule has 8 heteroatoms. The van der Waals surface area contributed by atoms with Crippen LogP contribution in [-0.4, -0.2) is 75.5 Å². The lowest BCUT2D eigenvalue weighted by molar-refractivity contribution is -0.0203. The maximum absolute atomic E-state index is 13.2. The molecule has 1 aromatic carbocycles. The van der Waals surface area contributed by atoms with Gasteiger partial charge >= 0.3 is 0 Å². The van der Waals surface area contributed by atoms with Crippen LogP contribution >= 0.6 is 11.3 Å². The summed E-state index contributed by atoms with van der Waals surface area (Å²) in [7, 11) is -0.959. The molecule has 2 aromatic rings. The van der Waals surface area contributed by atoms with E-state index in [4.69, 9.17) is 4.74 Å². The van der Waals surface area contributed by atoms with Crippen LogP contribution in [0.4, 0.5) is 0 Å². The fraction of sp³-hybridized carbons (Fsp3) is 0.500. The number of hydrogen-bond donors (Lipinski definition) is 0. The van der Waals surface area contributed by atoms with Crippen LogP contribution in [0.3, 0.4) is 0 Å². The zero-order chi connectivity index (χ0) is 18.3. The number of fused-ring (bicyclic) bond motifs is 1. The SMILES string of the molecule is CN1CCO[C@H](c2c(C(=O)N3CCS(=O)(=O)CC3)sc3ccccc23)C1. The molecule has 2 aliphatic heterocycles. The second-order valence-corrected chi connectivity index (χ2v) is 10.3. The highest BCUT2D eigenvalue weighted by Crippen LogP contribution is 2.38. The zero-order valence-electron chi connectivity index (χ0n) is 14.7. The molecule has 3 heterocycles. The molecule has 6 nitrogen and oxygen atoms in total. The van der Waals surface area contributed by atoms with Gasteiger partial charge in [-0.25, -0.2) is 8.42 Å². The van der Waals surface area contributed by atoms with Gasteiger partial charge in [0, 0.05) is 36.4 Å². The summed E-state index contributed by atoms with van der Waals surface area (Å²) in [6.45, 7) is 2.79. The van der Waals surface area contributed by atoms with Crippen molar-refractivity contribution >= 4 is 37.2 Å². The summed E-state index contributed by atoms with van der Waals surface area (Å²) < 4.78 is 30.4. The van der Waals surface area contributed by atoms with Crippen molar-refractivity contribution in [3.05, 3.63) is 34.7 Å². The van der Waals surface area contributed by atoms with Gasteiger partial charge < -0.3 is 14.5 Å². The number of ether oxygens (including phenoxy) is 1. The van der Waals surface area contributed by atoms with Crippen molar-refractivity contribution in [1.82, 2.24) is 9.80 Å². The fourth-order valence-electron chi connectivity index (χ4n) is 3.56. The minimum atomic E-state index is -3.02. The predicted molar refractivity (Wildman–Crippen MR) is 103 cm³/mol. The lowest BCUT2D eigenvalue weighted by Crippen LogP contribution is -2.44. The Morgan fingerprint density at radius 3 is 2.65 bits per heavy atom. The van der Waals surface area contributed by atoms with E-state index in [9.17, 15) is 13.2 Å². The quantitative estimate of drug-likeness (QED) is 0.777. The minimum absolute atomic E-state index is 0.0433. The van der Waals surface area contributed by atoms with E-state index < -0.39 is 9.84 Å². The van der Waals surface area contributed by atoms with E-state index >= 15 is 0 Å². The van der Waals surface area contributed by atoms with Crippen molar-refractivity contribution in [3.63, 3.8) is 0 Å². The molecule has 0 bridgehead atoms. The molecule has 2 saturated heterocycles. The zero-order valence-corrected chi connectivity index (χ0v) is 16.3. The molecule has 4 rings (SSSR count). The third-order valence-electron chi connectivity index (χ3n) is 5.05. The Balaban J connectivity index is 1.72. The maximum atomic E-state index is 13.2. The van der Waals surface area contributed by atoms with Gasteiger partial charge in [-0.1, -0.05) is 18.2 Å². The first-order chi connectivity index (χ1) is 12.4. The molecule has 0 radical (unpaired) electrons. The number of sulfone groups is 1. The molecule has 1 atom stereocenters. The molecule has 0 spiro atoms. The standard InChI is InChI=1S/C18H22N2O4S2/c1-19-6-9-24-14(12-19)16-13-4-2-3-5-15(13)25-17(16)18(21)20-7-10-26(22,23)11-8-20/h2-5,14H,6-12H2,1H3/t14-/m0/s1. The van der Waals surface area contributed by atoms with Crippen LogP contribution in [0, 0.1) is 0 Å². The molecule has 26 heavy (non-hydrogen) atoms. The number of amides is 1. The molecule has 2 aliphatic rings. The lowest BCUT2D eigenvalue weighted by atomic mass is 10.0. The van der Waals surface area contributed by atoms with E-state index in [2.05, 4.69) is 11.9 Å². The van der Waals surface area contributed by atoms with Crippen molar-refractivity contribution in [1.29, 1.82) is 0 Å². The number of nitrogens with zero attached hydrogens (tertiary/aromatic N) is 2. The van der Waals surface area contributed by atoms with E-state index in [1.807, 2.05) is 24.3 Å². The molecule has 0 saturated carbocycles. The summed E-state index contributed by atoms with van der Waals surface area (Å²) >= 11 is 1.48. The van der Waals surface area contributed by atoms with Gasteiger partial charge in [-0.15, -0.1) is 11.3 Å². The Hall–Kier alpha value is -1.48. The largest absolute Gasteiger partial charge is 0.371 e. The van der Waals surface area contributed by atoms with E-state index in [0.717, 1.165) is 28.7 Å². The first kappa shape index (κ1) is 17.9. The maximum Gasteiger partial charge on any atom is 0.264 e. The first-order valence-electron chi connectivity index (χ1n) is 8.76. The fourth-order valence-corrected chi connectivity index (χ4v) is 5.98. The van der Waals surface area contributed by atoms with Gasteiger partial charge in [0.15, 0.2) is 9.84 Å². The van der Waals surface area contributed by atoms with Crippen molar-refractivity contribution in [3.8, 4) is 0 Å². The summed E-state index contributed by atoms with van der Waals surface area (Å²) in [6.07, 6.45) is -0.141. The van der Waals surface area contributed by atoms with E-state index in [0.29, 0.717) is 11.5 Å². The van der Waals surface area contributed by atoms with E-state index in [1.54, 1.807) is 4.90 Å². The molecular weight excluding hydrogens is 372 g/mol. The first-order valence-corrected chi connectivity index (χ1v) is 11.4. The number of carbonyl (C=O) groups excluding carboxylic acids is 1. The second kappa shape index (κ2) is 6.92. The predicted octanol–water partition coefficient (Wildman–Crippen LogP) is 1.77. The lowest BCUT2D eigenvalue weighted by Gasteiger charge is -2.31. The summed E-state index contributed by atoms with van der Waals surface area (Å²) in [6, 6.07) is 8.01. The van der Waals surface area contributed by atoms with Crippen LogP contribution < -0.4 is 0 Å². The number of benzene rings is 1. The number of rotatable bonds is 2. The van der Waals surface area contributed by atoms with Crippen molar-refractivity contribution in [2.75, 3.05) is 51.3 Å². The third-order valence-corrected chi connectivity index (χ3v) is 7.83. The van der Waals surface area contributed by atoms with Crippen LogP contribution in [0.15, 0.2) is 24.3 Å². The highest BCUT2D eigenvalue weighted by atomic mass is 32.2. The van der Waals surface area contributed by atoms with Gasteiger partial charge in [0.2, 0.25) is 0 Å². The topological polar surface area (TPSA) is 66.9 Å². The number of thiophene rings is 1. The van der Waals surface area contributed by atoms with Gasteiger partial charge in [0.25, 0.3) is 5.91 Å². The molecule has 1 aromatic heterocycles. The molecule has 0 aliphatic carbocycles. The number of morpholine rings is 1. The van der Waals surface area contributed by atoms with Crippen molar-refractivity contribution in [2.24, 2.45) is 0 Å². The van der Waals surface area contributed by atoms with Crippen molar-refractivity contribution < 1.29 is 17.9 Å². The van der Waals surface area contributed by atoms with E-state index in [1.165, 1.54) is 11.3 Å². The molecule has 0 unspecified atom stereocenters. The van der Waals surface area contributed by atoms with E-state index in [-0.39, 0.29) is 36.6 Å². The van der Waals surface area contributed by atoms with Crippen LogP contribution in [0.1, 0.15) is 21.3 Å². The highest BCUT2D eigenvalue weighted by Gasteiger charge is 2.32. The van der Waals surface area contributed by atoms with Crippen molar-refractivity contribution in [2.45, 2.75) is 6.10 Å². The molecule has 140 valence electrons. The molecular formula is C18H22N2O4S2. The van der Waals surface area contributed by atoms with Crippen LogP contribution in [0.5, 0.6) is 0 Å². The minimum Gasteiger partial charge on any atom is -0.371 e. The smallest absolute Gasteiger partial charge is 0.264 e. The average Bonchev–Trinajstić information content (AvgIpc) is 3.00. The Kier molecular flexibility index (Phi) is 4.77. The summed E-state index contributed by atoms with van der Waals surface area (Å²) in [5, 5.41) is 1.06. The third kappa shape index (κ3) is 3.38. The van der Waals surface area contributed by atoms with Gasteiger partial charge in [0.1, 0.15) is 0 Å². The van der Waals surface area contributed by atoms with Crippen LogP contribution in [0.2, 0.25) is 0 Å².